The first kappa shape index (κ1) is 16.6. The molecular formula is C18H18FN5O. The minimum absolute atomic E-state index is 0.0383. The summed E-state index contributed by atoms with van der Waals surface area (Å²) in [4.78, 5) is 12.4. The normalized spacial score (nSPS) is 10.7. The Kier molecular flexibility index (Phi) is 4.47. The van der Waals surface area contributed by atoms with Crippen molar-refractivity contribution in [1.82, 2.24) is 15.0 Å². The van der Waals surface area contributed by atoms with E-state index in [-0.39, 0.29) is 23.9 Å². The molecule has 0 atom stereocenters. The number of carbonyl (C=O) groups is 1. The maximum Gasteiger partial charge on any atom is 0.280 e. The lowest BCUT2D eigenvalue weighted by Gasteiger charge is -2.08. The van der Waals surface area contributed by atoms with Crippen LogP contribution >= 0.6 is 0 Å². The van der Waals surface area contributed by atoms with Crippen LogP contribution in [0.2, 0.25) is 0 Å². The lowest BCUT2D eigenvalue weighted by atomic mass is 10.1. The van der Waals surface area contributed by atoms with Gasteiger partial charge >= 0.3 is 0 Å². The molecule has 1 amide bonds. The topological polar surface area (TPSA) is 85.8 Å². The third kappa shape index (κ3) is 3.65. The maximum atomic E-state index is 13.3. The smallest absolute Gasteiger partial charge is 0.280 e. The Morgan fingerprint density at radius 2 is 2.04 bits per heavy atom. The largest absolute Gasteiger partial charge is 0.382 e. The van der Waals surface area contributed by atoms with Crippen molar-refractivity contribution in [3.8, 4) is 0 Å². The van der Waals surface area contributed by atoms with Gasteiger partial charge in [-0.15, -0.1) is 5.10 Å². The highest BCUT2D eigenvalue weighted by Crippen LogP contribution is 2.18. The van der Waals surface area contributed by atoms with Crippen molar-refractivity contribution >= 4 is 17.4 Å². The minimum Gasteiger partial charge on any atom is -0.382 e. The Bertz CT molecular complexity index is 935. The van der Waals surface area contributed by atoms with Gasteiger partial charge in [-0.1, -0.05) is 35.0 Å². The van der Waals surface area contributed by atoms with Gasteiger partial charge < -0.3 is 11.1 Å². The van der Waals surface area contributed by atoms with Crippen LogP contribution in [-0.2, 0) is 6.54 Å². The zero-order valence-corrected chi connectivity index (χ0v) is 14.0. The molecule has 0 spiro atoms. The monoisotopic (exact) mass is 339 g/mol. The number of nitrogens with two attached hydrogens (primary N) is 1. The van der Waals surface area contributed by atoms with Crippen LogP contribution in [0.4, 0.5) is 15.9 Å². The molecule has 6 nitrogen and oxygen atoms in total. The Hall–Kier alpha value is -3.22. The number of hydrogen-bond donors (Lipinski definition) is 2. The number of hydrogen-bond acceptors (Lipinski definition) is 4. The number of aromatic nitrogens is 3. The van der Waals surface area contributed by atoms with E-state index in [4.69, 9.17) is 5.73 Å². The Morgan fingerprint density at radius 1 is 1.24 bits per heavy atom. The van der Waals surface area contributed by atoms with Crippen LogP contribution in [0.1, 0.15) is 27.2 Å². The molecule has 0 saturated heterocycles. The van der Waals surface area contributed by atoms with Gasteiger partial charge in [0.15, 0.2) is 11.5 Å². The second kappa shape index (κ2) is 6.72. The summed E-state index contributed by atoms with van der Waals surface area (Å²) >= 11 is 0. The van der Waals surface area contributed by atoms with Crippen LogP contribution in [0.25, 0.3) is 0 Å². The fourth-order valence-corrected chi connectivity index (χ4v) is 2.54. The minimum atomic E-state index is -0.435. The summed E-state index contributed by atoms with van der Waals surface area (Å²) in [7, 11) is 0. The number of amides is 1. The van der Waals surface area contributed by atoms with Gasteiger partial charge in [0.05, 0.1) is 6.54 Å². The molecule has 7 heteroatoms. The first-order valence-electron chi connectivity index (χ1n) is 7.76. The summed E-state index contributed by atoms with van der Waals surface area (Å²) in [6.45, 7) is 4.12. The number of nitrogens with zero attached hydrogens (tertiary/aromatic N) is 3. The van der Waals surface area contributed by atoms with E-state index in [0.29, 0.717) is 11.3 Å². The number of halogens is 1. The molecule has 3 rings (SSSR count). The van der Waals surface area contributed by atoms with E-state index in [1.807, 2.05) is 32.0 Å². The lowest BCUT2D eigenvalue weighted by Crippen LogP contribution is -2.16. The second-order valence-electron chi connectivity index (χ2n) is 5.88. The van der Waals surface area contributed by atoms with Gasteiger partial charge in [-0.25, -0.2) is 9.07 Å². The lowest BCUT2D eigenvalue weighted by molar-refractivity contribution is 0.102. The van der Waals surface area contributed by atoms with Gasteiger partial charge in [0.25, 0.3) is 5.91 Å². The molecule has 128 valence electrons. The van der Waals surface area contributed by atoms with Crippen molar-refractivity contribution in [2.75, 3.05) is 11.1 Å². The van der Waals surface area contributed by atoms with Gasteiger partial charge in [-0.05, 0) is 43.2 Å². The average molecular weight is 339 g/mol. The van der Waals surface area contributed by atoms with Crippen LogP contribution in [0, 0.1) is 19.7 Å². The predicted molar refractivity (Wildman–Crippen MR) is 93.8 cm³/mol. The molecule has 3 aromatic rings. The molecule has 1 aromatic heterocycles. The standard InChI is InChI=1S/C18H18FN5O/c1-11-6-7-15(12(2)8-11)21-18(25)16-17(20)24(23-22-16)10-13-4-3-5-14(19)9-13/h3-9H,10,20H2,1-2H3,(H,21,25). The van der Waals surface area contributed by atoms with Crippen molar-refractivity contribution in [3.05, 3.63) is 70.7 Å². The molecule has 25 heavy (non-hydrogen) atoms. The third-order valence-electron chi connectivity index (χ3n) is 3.84. The van der Waals surface area contributed by atoms with E-state index in [1.165, 1.54) is 16.8 Å². The van der Waals surface area contributed by atoms with Crippen LogP contribution in [-0.4, -0.2) is 20.9 Å². The van der Waals surface area contributed by atoms with E-state index < -0.39 is 5.91 Å². The molecule has 0 aliphatic heterocycles. The van der Waals surface area contributed by atoms with Gasteiger partial charge in [0, 0.05) is 5.69 Å². The Balaban J connectivity index is 1.79. The van der Waals surface area contributed by atoms with Crippen molar-refractivity contribution in [1.29, 1.82) is 0 Å². The molecule has 0 fully saturated rings. The summed E-state index contributed by atoms with van der Waals surface area (Å²) in [6.07, 6.45) is 0. The number of carbonyl (C=O) groups excluding carboxylic acids is 1. The molecule has 0 saturated carbocycles. The van der Waals surface area contributed by atoms with Gasteiger partial charge in [0.2, 0.25) is 0 Å². The van der Waals surface area contributed by atoms with E-state index in [9.17, 15) is 9.18 Å². The zero-order chi connectivity index (χ0) is 18.0. The fraction of sp³-hybridized carbons (Fsp3) is 0.167. The van der Waals surface area contributed by atoms with Crippen molar-refractivity contribution in [3.63, 3.8) is 0 Å². The van der Waals surface area contributed by atoms with E-state index >= 15 is 0 Å². The molecular weight excluding hydrogens is 321 g/mol. The number of aryl methyl sites for hydroxylation is 2. The second-order valence-corrected chi connectivity index (χ2v) is 5.88. The van der Waals surface area contributed by atoms with Gasteiger partial charge in [0.1, 0.15) is 5.82 Å². The van der Waals surface area contributed by atoms with Gasteiger partial charge in [-0.3, -0.25) is 4.79 Å². The number of benzene rings is 2. The quantitative estimate of drug-likeness (QED) is 0.765. The number of nitrogen functional groups attached to an aromatic ring is 1. The number of rotatable bonds is 4. The van der Waals surface area contributed by atoms with Crippen LogP contribution in [0.3, 0.4) is 0 Å². The highest BCUT2D eigenvalue weighted by Gasteiger charge is 2.18. The first-order valence-corrected chi connectivity index (χ1v) is 7.76. The number of nitrogens with one attached hydrogen (secondary N) is 1. The van der Waals surface area contributed by atoms with Crippen LogP contribution < -0.4 is 11.1 Å². The van der Waals surface area contributed by atoms with Crippen LogP contribution in [0.5, 0.6) is 0 Å². The molecule has 3 N–H and O–H groups in total. The fourth-order valence-electron chi connectivity index (χ4n) is 2.54. The Labute approximate surface area is 144 Å². The van der Waals surface area contributed by atoms with Crippen molar-refractivity contribution in [2.45, 2.75) is 20.4 Å². The zero-order valence-electron chi connectivity index (χ0n) is 14.0. The third-order valence-corrected chi connectivity index (χ3v) is 3.84. The Morgan fingerprint density at radius 3 is 2.76 bits per heavy atom. The van der Waals surface area contributed by atoms with Crippen molar-refractivity contribution in [2.24, 2.45) is 0 Å². The predicted octanol–water partition coefficient (Wildman–Crippen LogP) is 2.92. The molecule has 0 radical (unpaired) electrons. The van der Waals surface area contributed by atoms with Crippen LogP contribution in [0.15, 0.2) is 42.5 Å². The number of anilines is 2. The van der Waals surface area contributed by atoms with E-state index in [2.05, 4.69) is 15.6 Å². The average Bonchev–Trinajstić information content (AvgIpc) is 2.91. The molecule has 1 heterocycles. The molecule has 0 aliphatic rings. The maximum absolute atomic E-state index is 13.3. The highest BCUT2D eigenvalue weighted by atomic mass is 19.1. The summed E-state index contributed by atoms with van der Waals surface area (Å²) in [5, 5.41) is 10.5. The van der Waals surface area contributed by atoms with E-state index in [1.54, 1.807) is 12.1 Å². The molecule has 2 aromatic carbocycles. The SMILES string of the molecule is Cc1ccc(NC(=O)c2nnn(Cc3cccc(F)c3)c2N)c(C)c1. The summed E-state index contributed by atoms with van der Waals surface area (Å²) in [5.74, 6) is -0.648. The van der Waals surface area contributed by atoms with Crippen molar-refractivity contribution < 1.29 is 9.18 Å². The highest BCUT2D eigenvalue weighted by molar-refractivity contribution is 6.06. The summed E-state index contributed by atoms with van der Waals surface area (Å²) < 4.78 is 14.6. The van der Waals surface area contributed by atoms with E-state index in [0.717, 1.165) is 11.1 Å². The molecule has 0 unspecified atom stereocenters. The summed E-state index contributed by atoms with van der Waals surface area (Å²) in [6, 6.07) is 11.8. The summed E-state index contributed by atoms with van der Waals surface area (Å²) in [5.41, 5.74) is 9.45. The molecule has 0 aliphatic carbocycles. The molecule has 0 bridgehead atoms. The first-order chi connectivity index (χ1) is 11.9. The van der Waals surface area contributed by atoms with Gasteiger partial charge in [-0.2, -0.15) is 0 Å².